The number of hydrogen-bond acceptors (Lipinski definition) is 3. The number of halogens is 1. The van der Waals surface area contributed by atoms with Crippen LogP contribution in [0.4, 0.5) is 0 Å². The summed E-state index contributed by atoms with van der Waals surface area (Å²) in [4.78, 5) is 29.1. The third kappa shape index (κ3) is 4.79. The first-order valence-electron chi connectivity index (χ1n) is 7.98. The number of carbonyl (C=O) groups excluding carboxylic acids is 2. The second-order valence-electron chi connectivity index (χ2n) is 6.81. The molecule has 0 saturated carbocycles. The number of benzene rings is 1. The summed E-state index contributed by atoms with van der Waals surface area (Å²) >= 11 is 6.02. The van der Waals surface area contributed by atoms with Gasteiger partial charge in [-0.05, 0) is 29.7 Å². The highest BCUT2D eigenvalue weighted by molar-refractivity contribution is 6.30. The fourth-order valence-corrected chi connectivity index (χ4v) is 2.58. The minimum Gasteiger partial charge on any atom is -0.357 e. The molecule has 1 aromatic heterocycles. The van der Waals surface area contributed by atoms with Crippen LogP contribution in [0.2, 0.25) is 5.02 Å². The minimum atomic E-state index is -0.665. The summed E-state index contributed by atoms with van der Waals surface area (Å²) in [6.45, 7) is 5.68. The first kappa shape index (κ1) is 18.9. The average molecular weight is 360 g/mol. The molecule has 0 bridgehead atoms. The van der Waals surface area contributed by atoms with Gasteiger partial charge in [-0.25, -0.2) is 4.98 Å². The molecular weight excluding hydrogens is 338 g/mol. The van der Waals surface area contributed by atoms with Crippen LogP contribution in [0, 0.1) is 5.41 Å². The molecule has 0 spiro atoms. The number of pyridine rings is 1. The maximum atomic E-state index is 12.6. The molecule has 2 N–H and O–H groups in total. The molecule has 1 atom stereocenters. The lowest BCUT2D eigenvalue weighted by atomic mass is 9.86. The molecule has 2 aromatic rings. The predicted molar refractivity (Wildman–Crippen MR) is 99.5 cm³/mol. The van der Waals surface area contributed by atoms with Gasteiger partial charge in [-0.1, -0.05) is 50.6 Å². The number of likely N-dealkylation sites (N-methyl/N-ethyl adjacent to an activating group) is 1. The Hall–Kier alpha value is -2.40. The van der Waals surface area contributed by atoms with E-state index < -0.39 is 17.4 Å². The Balaban J connectivity index is 2.28. The number of nitrogens with one attached hydrogen (secondary N) is 2. The number of amides is 2. The summed E-state index contributed by atoms with van der Waals surface area (Å²) in [5.74, 6) is -0.640. The molecule has 2 rings (SSSR count). The molecule has 0 saturated heterocycles. The summed E-state index contributed by atoms with van der Waals surface area (Å²) in [6.07, 6.45) is 0. The fraction of sp³-hybridized carbons (Fsp3) is 0.316. The van der Waals surface area contributed by atoms with E-state index in [4.69, 9.17) is 11.6 Å². The molecular formula is C19H22ClN3O2. The zero-order valence-corrected chi connectivity index (χ0v) is 15.5. The second-order valence-corrected chi connectivity index (χ2v) is 7.24. The van der Waals surface area contributed by atoms with Gasteiger partial charge in [-0.2, -0.15) is 0 Å². The van der Waals surface area contributed by atoms with Crippen molar-refractivity contribution in [2.75, 3.05) is 7.05 Å². The molecule has 25 heavy (non-hydrogen) atoms. The summed E-state index contributed by atoms with van der Waals surface area (Å²) in [6, 6.07) is 11.8. The van der Waals surface area contributed by atoms with Gasteiger partial charge in [-0.15, -0.1) is 0 Å². The van der Waals surface area contributed by atoms with Gasteiger partial charge < -0.3 is 10.6 Å². The SMILES string of the molecule is CNC(=O)[C@@H](NC(=O)c1cccc(-c2cccc(Cl)c2)n1)C(C)(C)C. The number of aromatic nitrogens is 1. The smallest absolute Gasteiger partial charge is 0.270 e. The maximum Gasteiger partial charge on any atom is 0.270 e. The van der Waals surface area contributed by atoms with E-state index in [0.717, 1.165) is 5.56 Å². The topological polar surface area (TPSA) is 71.1 Å². The van der Waals surface area contributed by atoms with Crippen LogP contribution >= 0.6 is 11.6 Å². The zero-order valence-electron chi connectivity index (χ0n) is 14.8. The summed E-state index contributed by atoms with van der Waals surface area (Å²) in [7, 11) is 1.55. The second kappa shape index (κ2) is 7.66. The standard InChI is InChI=1S/C19H22ClN3O2/c1-19(2,3)16(18(25)21-4)23-17(24)15-10-6-9-14(22-15)12-7-5-8-13(20)11-12/h5-11,16H,1-4H3,(H,21,25)(H,23,24)/t16-/m1/s1. The molecule has 1 heterocycles. The van der Waals surface area contributed by atoms with Gasteiger partial charge in [0, 0.05) is 17.6 Å². The van der Waals surface area contributed by atoms with Crippen LogP contribution in [0.1, 0.15) is 31.3 Å². The van der Waals surface area contributed by atoms with Crippen molar-refractivity contribution >= 4 is 23.4 Å². The maximum absolute atomic E-state index is 12.6. The van der Waals surface area contributed by atoms with Gasteiger partial charge in [0.1, 0.15) is 11.7 Å². The van der Waals surface area contributed by atoms with Crippen LogP contribution in [0.25, 0.3) is 11.3 Å². The lowest BCUT2D eigenvalue weighted by Gasteiger charge is -2.29. The number of hydrogen-bond donors (Lipinski definition) is 2. The average Bonchev–Trinajstić information content (AvgIpc) is 2.58. The Kier molecular flexibility index (Phi) is 5.80. The van der Waals surface area contributed by atoms with E-state index in [-0.39, 0.29) is 11.6 Å². The van der Waals surface area contributed by atoms with Crippen molar-refractivity contribution in [2.24, 2.45) is 5.41 Å². The highest BCUT2D eigenvalue weighted by Crippen LogP contribution is 2.22. The van der Waals surface area contributed by atoms with Crippen molar-refractivity contribution in [3.05, 3.63) is 53.2 Å². The highest BCUT2D eigenvalue weighted by Gasteiger charge is 2.32. The van der Waals surface area contributed by atoms with Gasteiger partial charge in [0.15, 0.2) is 0 Å². The third-order valence-electron chi connectivity index (χ3n) is 3.75. The van der Waals surface area contributed by atoms with Gasteiger partial charge in [-0.3, -0.25) is 9.59 Å². The van der Waals surface area contributed by atoms with Crippen LogP contribution in [0.15, 0.2) is 42.5 Å². The molecule has 0 unspecified atom stereocenters. The normalized spacial score (nSPS) is 12.4. The van der Waals surface area contributed by atoms with E-state index in [0.29, 0.717) is 10.7 Å². The number of carbonyl (C=O) groups is 2. The first-order chi connectivity index (χ1) is 11.7. The van der Waals surface area contributed by atoms with E-state index in [1.807, 2.05) is 39.0 Å². The predicted octanol–water partition coefficient (Wildman–Crippen LogP) is 3.29. The Morgan fingerprint density at radius 2 is 1.80 bits per heavy atom. The zero-order chi connectivity index (χ0) is 18.6. The first-order valence-corrected chi connectivity index (χ1v) is 8.35. The Bertz CT molecular complexity index is 784. The quantitative estimate of drug-likeness (QED) is 0.879. The van der Waals surface area contributed by atoms with Crippen LogP contribution in [0.3, 0.4) is 0 Å². The molecule has 6 heteroatoms. The molecule has 0 aliphatic rings. The van der Waals surface area contributed by atoms with E-state index >= 15 is 0 Å². The summed E-state index contributed by atoms with van der Waals surface area (Å²) in [5, 5.41) is 5.96. The van der Waals surface area contributed by atoms with Crippen molar-refractivity contribution in [3.63, 3.8) is 0 Å². The monoisotopic (exact) mass is 359 g/mol. The lowest BCUT2D eigenvalue weighted by Crippen LogP contribution is -2.53. The van der Waals surface area contributed by atoms with Crippen LogP contribution in [-0.4, -0.2) is 29.9 Å². The minimum absolute atomic E-state index is 0.244. The van der Waals surface area contributed by atoms with Crippen molar-refractivity contribution in [3.8, 4) is 11.3 Å². The molecule has 132 valence electrons. The van der Waals surface area contributed by atoms with E-state index in [2.05, 4.69) is 15.6 Å². The molecule has 5 nitrogen and oxygen atoms in total. The van der Waals surface area contributed by atoms with Crippen LogP contribution in [-0.2, 0) is 4.79 Å². The van der Waals surface area contributed by atoms with Gasteiger partial charge >= 0.3 is 0 Å². The molecule has 0 aliphatic carbocycles. The summed E-state index contributed by atoms with van der Waals surface area (Å²) < 4.78 is 0. The molecule has 1 aromatic carbocycles. The Labute approximate surface area is 152 Å². The van der Waals surface area contributed by atoms with Crippen molar-refractivity contribution in [1.29, 1.82) is 0 Å². The molecule has 0 aliphatic heterocycles. The molecule has 0 radical (unpaired) electrons. The van der Waals surface area contributed by atoms with Crippen LogP contribution in [0.5, 0.6) is 0 Å². The highest BCUT2D eigenvalue weighted by atomic mass is 35.5. The van der Waals surface area contributed by atoms with E-state index in [1.165, 1.54) is 0 Å². The third-order valence-corrected chi connectivity index (χ3v) is 3.99. The van der Waals surface area contributed by atoms with Gasteiger partial charge in [0.2, 0.25) is 5.91 Å². The Morgan fingerprint density at radius 3 is 2.40 bits per heavy atom. The fourth-order valence-electron chi connectivity index (χ4n) is 2.39. The number of nitrogens with zero attached hydrogens (tertiary/aromatic N) is 1. The van der Waals surface area contributed by atoms with Gasteiger partial charge in [0.05, 0.1) is 5.69 Å². The van der Waals surface area contributed by atoms with Crippen molar-refractivity contribution in [2.45, 2.75) is 26.8 Å². The Morgan fingerprint density at radius 1 is 1.12 bits per heavy atom. The van der Waals surface area contributed by atoms with Crippen LogP contribution < -0.4 is 10.6 Å². The molecule has 2 amide bonds. The molecule has 0 fully saturated rings. The van der Waals surface area contributed by atoms with Crippen molar-refractivity contribution < 1.29 is 9.59 Å². The van der Waals surface area contributed by atoms with E-state index in [1.54, 1.807) is 31.3 Å². The van der Waals surface area contributed by atoms with E-state index in [9.17, 15) is 9.59 Å². The van der Waals surface area contributed by atoms with Crippen molar-refractivity contribution in [1.82, 2.24) is 15.6 Å². The number of rotatable bonds is 4. The van der Waals surface area contributed by atoms with Gasteiger partial charge in [0.25, 0.3) is 5.91 Å². The summed E-state index contributed by atoms with van der Waals surface area (Å²) in [5.41, 5.74) is 1.28. The largest absolute Gasteiger partial charge is 0.357 e. The lowest BCUT2D eigenvalue weighted by molar-refractivity contribution is -0.124.